The first-order valence-corrected chi connectivity index (χ1v) is 10.7. The summed E-state index contributed by atoms with van der Waals surface area (Å²) in [6.45, 7) is 7.60. The van der Waals surface area contributed by atoms with Crippen LogP contribution in [0.3, 0.4) is 0 Å². The van der Waals surface area contributed by atoms with E-state index < -0.39 is 16.4 Å². The monoisotopic (exact) mass is 489 g/mol. The van der Waals surface area contributed by atoms with Crippen LogP contribution in [0.25, 0.3) is 0 Å². The van der Waals surface area contributed by atoms with E-state index >= 15 is 0 Å². The third kappa shape index (κ3) is 4.57. The van der Waals surface area contributed by atoms with Gasteiger partial charge in [0.05, 0.1) is 31.5 Å². The number of aromatic nitrogens is 2. The first kappa shape index (κ1) is 22.0. The standard InChI is InChI=1S/C21H20BrN3O4S/c1-13-18(30-17-12-8-7-11-16(17)25(27)28)19(24(23-13)21(2,3)4)29-20(26)14-9-5-6-10-15(14)22/h5-12H,1-4H3. The zero-order valence-electron chi connectivity index (χ0n) is 16.9. The van der Waals surface area contributed by atoms with E-state index in [4.69, 9.17) is 4.74 Å². The molecule has 3 rings (SSSR count). The largest absolute Gasteiger partial charge is 0.403 e. The molecular formula is C21H20BrN3O4S. The van der Waals surface area contributed by atoms with E-state index in [0.717, 1.165) is 11.8 Å². The van der Waals surface area contributed by atoms with Crippen LogP contribution in [-0.2, 0) is 5.54 Å². The van der Waals surface area contributed by atoms with Crippen molar-refractivity contribution in [3.05, 3.63) is 74.4 Å². The van der Waals surface area contributed by atoms with E-state index in [9.17, 15) is 14.9 Å². The quantitative estimate of drug-likeness (QED) is 0.248. The lowest BCUT2D eigenvalue weighted by Gasteiger charge is -2.22. The number of carbonyl (C=O) groups is 1. The number of halogens is 1. The number of hydrogen-bond acceptors (Lipinski definition) is 6. The Bertz CT molecular complexity index is 1120. The molecule has 9 heteroatoms. The number of nitro benzene ring substituents is 1. The lowest BCUT2D eigenvalue weighted by atomic mass is 10.1. The lowest BCUT2D eigenvalue weighted by Crippen LogP contribution is -2.25. The van der Waals surface area contributed by atoms with Gasteiger partial charge in [-0.1, -0.05) is 36.0 Å². The fourth-order valence-electron chi connectivity index (χ4n) is 2.73. The van der Waals surface area contributed by atoms with Crippen LogP contribution in [0.5, 0.6) is 5.88 Å². The Labute approximate surface area is 186 Å². The van der Waals surface area contributed by atoms with Gasteiger partial charge in [0.2, 0.25) is 5.88 Å². The average Bonchev–Trinajstić information content (AvgIpc) is 2.98. The molecule has 3 aromatic rings. The van der Waals surface area contributed by atoms with Gasteiger partial charge >= 0.3 is 5.97 Å². The second-order valence-corrected chi connectivity index (χ2v) is 9.41. The molecule has 2 aromatic carbocycles. The smallest absolute Gasteiger partial charge is 0.346 e. The second kappa shape index (κ2) is 8.61. The van der Waals surface area contributed by atoms with Crippen molar-refractivity contribution in [1.82, 2.24) is 9.78 Å². The van der Waals surface area contributed by atoms with Gasteiger partial charge in [-0.3, -0.25) is 10.1 Å². The zero-order valence-corrected chi connectivity index (χ0v) is 19.3. The summed E-state index contributed by atoms with van der Waals surface area (Å²) in [5.41, 5.74) is 0.491. The van der Waals surface area contributed by atoms with Crippen LogP contribution in [0.1, 0.15) is 36.8 Å². The normalized spacial score (nSPS) is 11.4. The predicted octanol–water partition coefficient (Wildman–Crippen LogP) is 5.99. The second-order valence-electron chi connectivity index (χ2n) is 7.50. The Morgan fingerprint density at radius 3 is 2.43 bits per heavy atom. The van der Waals surface area contributed by atoms with Crippen molar-refractivity contribution in [2.75, 3.05) is 0 Å². The van der Waals surface area contributed by atoms with Gasteiger partial charge in [0.25, 0.3) is 5.69 Å². The van der Waals surface area contributed by atoms with Crippen LogP contribution in [0, 0.1) is 17.0 Å². The Balaban J connectivity index is 2.09. The van der Waals surface area contributed by atoms with Gasteiger partial charge in [-0.2, -0.15) is 5.10 Å². The molecule has 0 spiro atoms. The molecule has 1 heterocycles. The fraction of sp³-hybridized carbons (Fsp3) is 0.238. The lowest BCUT2D eigenvalue weighted by molar-refractivity contribution is -0.387. The van der Waals surface area contributed by atoms with Crippen LogP contribution in [0.4, 0.5) is 5.69 Å². The van der Waals surface area contributed by atoms with Crippen LogP contribution in [0.15, 0.2) is 62.8 Å². The number of rotatable bonds is 5. The molecule has 0 bridgehead atoms. The van der Waals surface area contributed by atoms with Gasteiger partial charge in [-0.15, -0.1) is 0 Å². The van der Waals surface area contributed by atoms with E-state index in [1.807, 2.05) is 20.8 Å². The van der Waals surface area contributed by atoms with Gasteiger partial charge in [-0.05, 0) is 61.8 Å². The molecule has 0 aliphatic carbocycles. The topological polar surface area (TPSA) is 87.3 Å². The predicted molar refractivity (Wildman–Crippen MR) is 118 cm³/mol. The van der Waals surface area contributed by atoms with E-state index in [-0.39, 0.29) is 11.6 Å². The summed E-state index contributed by atoms with van der Waals surface area (Å²) in [6.07, 6.45) is 0. The molecule has 0 saturated carbocycles. The van der Waals surface area contributed by atoms with Crippen molar-refractivity contribution in [2.45, 2.75) is 43.0 Å². The molecule has 0 unspecified atom stereocenters. The highest BCUT2D eigenvalue weighted by Gasteiger charge is 2.29. The molecule has 0 saturated heterocycles. The van der Waals surface area contributed by atoms with Gasteiger partial charge in [0, 0.05) is 10.5 Å². The highest BCUT2D eigenvalue weighted by Crippen LogP contribution is 2.43. The molecule has 0 fully saturated rings. The van der Waals surface area contributed by atoms with Gasteiger partial charge in [-0.25, -0.2) is 9.48 Å². The Morgan fingerprint density at radius 2 is 1.80 bits per heavy atom. The summed E-state index contributed by atoms with van der Waals surface area (Å²) in [5.74, 6) is -0.291. The molecule has 30 heavy (non-hydrogen) atoms. The first-order valence-electron chi connectivity index (χ1n) is 9.07. The van der Waals surface area contributed by atoms with Crippen LogP contribution < -0.4 is 4.74 Å². The summed E-state index contributed by atoms with van der Waals surface area (Å²) in [6, 6.07) is 13.4. The molecule has 0 radical (unpaired) electrons. The van der Waals surface area contributed by atoms with Crippen molar-refractivity contribution in [2.24, 2.45) is 0 Å². The van der Waals surface area contributed by atoms with Crippen molar-refractivity contribution in [3.8, 4) is 5.88 Å². The summed E-state index contributed by atoms with van der Waals surface area (Å²) >= 11 is 4.53. The molecule has 0 aliphatic rings. The van der Waals surface area contributed by atoms with E-state index in [0.29, 0.717) is 25.5 Å². The maximum absolute atomic E-state index is 12.9. The summed E-state index contributed by atoms with van der Waals surface area (Å²) in [5, 5.41) is 16.0. The van der Waals surface area contributed by atoms with Gasteiger partial charge < -0.3 is 4.74 Å². The number of aryl methyl sites for hydroxylation is 1. The highest BCUT2D eigenvalue weighted by atomic mass is 79.9. The molecule has 156 valence electrons. The molecule has 0 atom stereocenters. The van der Waals surface area contributed by atoms with Crippen molar-refractivity contribution < 1.29 is 14.5 Å². The van der Waals surface area contributed by atoms with Crippen molar-refractivity contribution in [3.63, 3.8) is 0 Å². The zero-order chi connectivity index (χ0) is 22.1. The van der Waals surface area contributed by atoms with Crippen molar-refractivity contribution >= 4 is 39.3 Å². The Kier molecular flexibility index (Phi) is 6.33. The third-order valence-electron chi connectivity index (χ3n) is 4.16. The number of hydrogen-bond donors (Lipinski definition) is 0. The SMILES string of the molecule is Cc1nn(C(C)(C)C)c(OC(=O)c2ccccc2Br)c1Sc1ccccc1[N+](=O)[O-]. The van der Waals surface area contributed by atoms with Crippen LogP contribution in [-0.4, -0.2) is 20.7 Å². The van der Waals surface area contributed by atoms with Gasteiger partial charge in [0.1, 0.15) is 0 Å². The Morgan fingerprint density at radius 1 is 1.17 bits per heavy atom. The first-order chi connectivity index (χ1) is 14.1. The van der Waals surface area contributed by atoms with Crippen LogP contribution >= 0.6 is 27.7 Å². The summed E-state index contributed by atoms with van der Waals surface area (Å²) in [4.78, 5) is 24.9. The van der Waals surface area contributed by atoms with Crippen LogP contribution in [0.2, 0.25) is 0 Å². The Hall–Kier alpha value is -2.65. The number of nitrogens with zero attached hydrogens (tertiary/aromatic N) is 3. The molecule has 7 nitrogen and oxygen atoms in total. The molecule has 0 aliphatic heterocycles. The summed E-state index contributed by atoms with van der Waals surface area (Å²) < 4.78 is 8.05. The van der Waals surface area contributed by atoms with E-state index in [1.165, 1.54) is 6.07 Å². The molecule has 0 amide bonds. The number of benzene rings is 2. The fourth-order valence-corrected chi connectivity index (χ4v) is 4.19. The van der Waals surface area contributed by atoms with Gasteiger partial charge in [0.15, 0.2) is 0 Å². The molecule has 0 N–H and O–H groups in total. The third-order valence-corrected chi connectivity index (χ3v) is 6.09. The number of esters is 1. The van der Waals surface area contributed by atoms with Crippen molar-refractivity contribution in [1.29, 1.82) is 0 Å². The minimum atomic E-state index is -0.544. The molecular weight excluding hydrogens is 470 g/mol. The maximum Gasteiger partial charge on any atom is 0.346 e. The maximum atomic E-state index is 12.9. The summed E-state index contributed by atoms with van der Waals surface area (Å²) in [7, 11) is 0. The number of para-hydroxylation sites is 1. The number of ether oxygens (including phenoxy) is 1. The average molecular weight is 490 g/mol. The highest BCUT2D eigenvalue weighted by molar-refractivity contribution is 9.10. The molecule has 1 aromatic heterocycles. The number of nitro groups is 1. The minimum Gasteiger partial charge on any atom is -0.403 e. The minimum absolute atomic E-state index is 0.0199. The van der Waals surface area contributed by atoms with E-state index in [1.54, 1.807) is 54.1 Å². The van der Waals surface area contributed by atoms with E-state index in [2.05, 4.69) is 21.0 Å². The number of carbonyl (C=O) groups excluding carboxylic acids is 1.